The number of hydrogen-bond acceptors (Lipinski definition) is 7. The number of nitrogens with one attached hydrogen (secondary N) is 1. The van der Waals surface area contributed by atoms with Crippen LogP contribution in [0.25, 0.3) is 0 Å². The fraction of sp³-hybridized carbons (Fsp3) is 0.100. The van der Waals surface area contributed by atoms with Crippen molar-refractivity contribution in [2.75, 3.05) is 16.9 Å². The summed E-state index contributed by atoms with van der Waals surface area (Å²) >= 11 is 0. The Balaban J connectivity index is 1.90. The normalized spacial score (nSPS) is 10.1. The number of nitrogens with zero attached hydrogens (tertiary/aromatic N) is 3. The molecular weight excluding hydrogens is 220 g/mol. The van der Waals surface area contributed by atoms with Gasteiger partial charge in [0, 0.05) is 0 Å². The van der Waals surface area contributed by atoms with Crippen LogP contribution in [0.1, 0.15) is 5.56 Å². The maximum Gasteiger partial charge on any atom is 0.253 e. The van der Waals surface area contributed by atoms with Gasteiger partial charge in [-0.3, -0.25) is 4.84 Å². The van der Waals surface area contributed by atoms with Gasteiger partial charge in [-0.1, -0.05) is 30.3 Å². The quantitative estimate of drug-likeness (QED) is 0.661. The molecule has 2 rings (SSSR count). The predicted octanol–water partition coefficient (Wildman–Crippen LogP) is 0.580. The van der Waals surface area contributed by atoms with Gasteiger partial charge in [0.05, 0.1) is 6.61 Å². The lowest BCUT2D eigenvalue weighted by Gasteiger charge is -2.06. The van der Waals surface area contributed by atoms with Crippen molar-refractivity contribution in [3.05, 3.63) is 35.9 Å². The molecular formula is C10H12N6O. The number of aromatic nitrogens is 3. The molecule has 0 bridgehead atoms. The summed E-state index contributed by atoms with van der Waals surface area (Å²) in [5.41, 5.74) is 14.4. The molecule has 0 aliphatic rings. The highest BCUT2D eigenvalue weighted by molar-refractivity contribution is 5.35. The molecule has 7 heteroatoms. The highest BCUT2D eigenvalue weighted by atomic mass is 16.6. The largest absolute Gasteiger partial charge is 0.368 e. The van der Waals surface area contributed by atoms with Gasteiger partial charge in [-0.05, 0) is 5.56 Å². The van der Waals surface area contributed by atoms with Gasteiger partial charge in [0.1, 0.15) is 0 Å². The molecule has 0 unspecified atom stereocenters. The molecule has 1 aromatic heterocycles. The van der Waals surface area contributed by atoms with Crippen LogP contribution in [-0.4, -0.2) is 15.0 Å². The zero-order valence-electron chi connectivity index (χ0n) is 9.00. The van der Waals surface area contributed by atoms with Crippen LogP contribution in [0, 0.1) is 0 Å². The smallest absolute Gasteiger partial charge is 0.253 e. The molecule has 0 amide bonds. The van der Waals surface area contributed by atoms with Gasteiger partial charge >= 0.3 is 0 Å². The van der Waals surface area contributed by atoms with E-state index in [0.29, 0.717) is 6.61 Å². The number of rotatable bonds is 4. The Labute approximate surface area is 97.8 Å². The SMILES string of the molecule is Nc1nc(N)nc(NOCc2ccccc2)n1. The van der Waals surface area contributed by atoms with Crippen molar-refractivity contribution >= 4 is 17.8 Å². The second kappa shape index (κ2) is 5.08. The lowest BCUT2D eigenvalue weighted by atomic mass is 10.2. The van der Waals surface area contributed by atoms with E-state index in [1.54, 1.807) is 0 Å². The fourth-order valence-corrected chi connectivity index (χ4v) is 1.21. The Kier molecular flexibility index (Phi) is 3.31. The van der Waals surface area contributed by atoms with Gasteiger partial charge in [-0.25, -0.2) is 5.48 Å². The molecule has 2 aromatic rings. The third-order valence-electron chi connectivity index (χ3n) is 1.92. The second-order valence-electron chi connectivity index (χ2n) is 3.25. The van der Waals surface area contributed by atoms with Crippen molar-refractivity contribution in [1.82, 2.24) is 15.0 Å². The first-order valence-electron chi connectivity index (χ1n) is 4.93. The molecule has 17 heavy (non-hydrogen) atoms. The zero-order valence-corrected chi connectivity index (χ0v) is 9.00. The summed E-state index contributed by atoms with van der Waals surface area (Å²) in [6, 6.07) is 9.68. The van der Waals surface area contributed by atoms with E-state index in [0.717, 1.165) is 5.56 Å². The van der Waals surface area contributed by atoms with Crippen molar-refractivity contribution in [3.8, 4) is 0 Å². The summed E-state index contributed by atoms with van der Waals surface area (Å²) in [4.78, 5) is 16.4. The lowest BCUT2D eigenvalue weighted by molar-refractivity contribution is 0.177. The van der Waals surface area contributed by atoms with Crippen LogP contribution in [0.15, 0.2) is 30.3 Å². The third kappa shape index (κ3) is 3.28. The summed E-state index contributed by atoms with van der Waals surface area (Å²) in [5.74, 6) is 0.276. The minimum atomic E-state index is 0.0447. The zero-order chi connectivity index (χ0) is 12.1. The lowest BCUT2D eigenvalue weighted by Crippen LogP contribution is -2.09. The van der Waals surface area contributed by atoms with E-state index < -0.39 is 0 Å². The van der Waals surface area contributed by atoms with Crippen LogP contribution in [0.4, 0.5) is 17.8 Å². The Bertz CT molecular complexity index is 469. The standard InChI is InChI=1S/C10H12N6O/c11-8-13-9(12)15-10(14-8)16-17-6-7-4-2-1-3-5-7/h1-5H,6H2,(H5,11,12,13,14,15,16). The molecule has 0 radical (unpaired) electrons. The fourth-order valence-electron chi connectivity index (χ4n) is 1.21. The highest BCUT2D eigenvalue weighted by Gasteiger charge is 2.01. The number of nitrogens with two attached hydrogens (primary N) is 2. The average Bonchev–Trinajstić information content (AvgIpc) is 2.29. The van der Waals surface area contributed by atoms with Crippen molar-refractivity contribution in [2.24, 2.45) is 0 Å². The number of benzene rings is 1. The van der Waals surface area contributed by atoms with Crippen LogP contribution < -0.4 is 16.9 Å². The third-order valence-corrected chi connectivity index (χ3v) is 1.92. The van der Waals surface area contributed by atoms with Gasteiger partial charge in [0.2, 0.25) is 11.9 Å². The first-order valence-corrected chi connectivity index (χ1v) is 4.93. The highest BCUT2D eigenvalue weighted by Crippen LogP contribution is 2.05. The molecule has 0 fully saturated rings. The monoisotopic (exact) mass is 232 g/mol. The van der Waals surface area contributed by atoms with Gasteiger partial charge < -0.3 is 11.5 Å². The summed E-state index contributed by atoms with van der Waals surface area (Å²) in [6.07, 6.45) is 0. The molecule has 0 atom stereocenters. The van der Waals surface area contributed by atoms with E-state index in [1.165, 1.54) is 0 Å². The molecule has 7 nitrogen and oxygen atoms in total. The van der Waals surface area contributed by atoms with Crippen LogP contribution in [0.2, 0.25) is 0 Å². The predicted molar refractivity (Wildman–Crippen MR) is 63.5 cm³/mol. The van der Waals surface area contributed by atoms with Crippen LogP contribution in [-0.2, 0) is 11.4 Å². The molecule has 0 aliphatic heterocycles. The maximum atomic E-state index is 5.40. The molecule has 0 saturated carbocycles. The molecule has 1 aromatic carbocycles. The second-order valence-corrected chi connectivity index (χ2v) is 3.25. The summed E-state index contributed by atoms with van der Waals surface area (Å²) in [6.45, 7) is 0.381. The number of anilines is 3. The van der Waals surface area contributed by atoms with Gasteiger partial charge in [0.25, 0.3) is 5.95 Å². The van der Waals surface area contributed by atoms with E-state index in [4.69, 9.17) is 16.3 Å². The van der Waals surface area contributed by atoms with E-state index in [9.17, 15) is 0 Å². The first kappa shape index (κ1) is 11.1. The number of hydrogen-bond donors (Lipinski definition) is 3. The molecule has 0 aliphatic carbocycles. The van der Waals surface area contributed by atoms with Crippen LogP contribution in [0.3, 0.4) is 0 Å². The summed E-state index contributed by atoms with van der Waals surface area (Å²) in [5, 5.41) is 0. The minimum absolute atomic E-state index is 0.0447. The Morgan fingerprint density at radius 3 is 2.29 bits per heavy atom. The molecule has 0 saturated heterocycles. The van der Waals surface area contributed by atoms with Crippen LogP contribution in [0.5, 0.6) is 0 Å². The molecule has 1 heterocycles. The molecule has 0 spiro atoms. The van der Waals surface area contributed by atoms with E-state index in [2.05, 4.69) is 20.4 Å². The Hall–Kier alpha value is -2.41. The van der Waals surface area contributed by atoms with Gasteiger partial charge in [-0.15, -0.1) is 0 Å². The number of nitrogen functional groups attached to an aromatic ring is 2. The van der Waals surface area contributed by atoms with Crippen molar-refractivity contribution < 1.29 is 4.84 Å². The maximum absolute atomic E-state index is 5.40. The Morgan fingerprint density at radius 1 is 1.00 bits per heavy atom. The van der Waals surface area contributed by atoms with Gasteiger partial charge in [-0.2, -0.15) is 15.0 Å². The molecule has 5 N–H and O–H groups in total. The first-order chi connectivity index (χ1) is 8.24. The summed E-state index contributed by atoms with van der Waals surface area (Å²) < 4.78 is 0. The minimum Gasteiger partial charge on any atom is -0.368 e. The topological polar surface area (TPSA) is 112 Å². The van der Waals surface area contributed by atoms with E-state index in [-0.39, 0.29) is 17.8 Å². The van der Waals surface area contributed by atoms with Gasteiger partial charge in [0.15, 0.2) is 0 Å². The van der Waals surface area contributed by atoms with Crippen molar-refractivity contribution in [1.29, 1.82) is 0 Å². The van der Waals surface area contributed by atoms with Crippen LogP contribution >= 0.6 is 0 Å². The average molecular weight is 232 g/mol. The van der Waals surface area contributed by atoms with E-state index in [1.807, 2.05) is 30.3 Å². The molecule has 88 valence electrons. The van der Waals surface area contributed by atoms with E-state index >= 15 is 0 Å². The Morgan fingerprint density at radius 2 is 1.65 bits per heavy atom. The summed E-state index contributed by atoms with van der Waals surface area (Å²) in [7, 11) is 0. The van der Waals surface area contributed by atoms with Crippen molar-refractivity contribution in [2.45, 2.75) is 6.61 Å². The van der Waals surface area contributed by atoms with Crippen molar-refractivity contribution in [3.63, 3.8) is 0 Å².